The van der Waals surface area contributed by atoms with Gasteiger partial charge in [0.05, 0.1) is 12.2 Å². The summed E-state index contributed by atoms with van der Waals surface area (Å²) in [5.74, 6) is 0.990. The zero-order valence-electron chi connectivity index (χ0n) is 18.1. The molecule has 0 radical (unpaired) electrons. The lowest BCUT2D eigenvalue weighted by Gasteiger charge is -2.11. The lowest BCUT2D eigenvalue weighted by Crippen LogP contribution is -2.09. The van der Waals surface area contributed by atoms with Gasteiger partial charge in [0.1, 0.15) is 11.5 Å². The smallest absolute Gasteiger partial charge is 0.343 e. The van der Waals surface area contributed by atoms with Crippen LogP contribution in [0, 0.1) is 13.8 Å². The zero-order valence-corrected chi connectivity index (χ0v) is 18.1. The predicted octanol–water partition coefficient (Wildman–Crippen LogP) is 7.15. The Labute approximate surface area is 179 Å². The quantitative estimate of drug-likeness (QED) is 0.217. The standard InChI is InChI=1S/C27H30O3/c1-4-5-6-7-18-29-25-15-12-23(13-16-25)27(28)30-26-17-14-24(19-21(26)3)22-10-8-20(2)9-11-22/h8-17,19H,4-7,18H2,1-3H3. The van der Waals surface area contributed by atoms with Crippen molar-refractivity contribution in [3.8, 4) is 22.6 Å². The number of hydrogen-bond acceptors (Lipinski definition) is 3. The fraction of sp³-hybridized carbons (Fsp3) is 0.296. The number of aryl methyl sites for hydroxylation is 2. The van der Waals surface area contributed by atoms with Crippen molar-refractivity contribution in [3.63, 3.8) is 0 Å². The van der Waals surface area contributed by atoms with E-state index in [1.807, 2.05) is 37.3 Å². The number of unbranched alkanes of at least 4 members (excludes halogenated alkanes) is 3. The molecule has 0 spiro atoms. The van der Waals surface area contributed by atoms with E-state index in [2.05, 4.69) is 38.1 Å². The maximum absolute atomic E-state index is 12.5. The molecular formula is C27H30O3. The molecule has 3 heteroatoms. The second-order valence-corrected chi connectivity index (χ2v) is 7.67. The van der Waals surface area contributed by atoms with Gasteiger partial charge in [0.25, 0.3) is 0 Å². The lowest BCUT2D eigenvalue weighted by atomic mass is 10.0. The molecule has 30 heavy (non-hydrogen) atoms. The van der Waals surface area contributed by atoms with Crippen molar-refractivity contribution < 1.29 is 14.3 Å². The first kappa shape index (κ1) is 21.6. The van der Waals surface area contributed by atoms with Gasteiger partial charge in [-0.3, -0.25) is 0 Å². The summed E-state index contributed by atoms with van der Waals surface area (Å²) in [6, 6.07) is 21.4. The van der Waals surface area contributed by atoms with E-state index in [-0.39, 0.29) is 5.97 Å². The summed E-state index contributed by atoms with van der Waals surface area (Å²) >= 11 is 0. The Balaban J connectivity index is 1.59. The molecule has 0 bridgehead atoms. The number of esters is 1. The molecule has 3 aromatic rings. The second kappa shape index (κ2) is 10.6. The largest absolute Gasteiger partial charge is 0.494 e. The van der Waals surface area contributed by atoms with Gasteiger partial charge in [0, 0.05) is 0 Å². The third-order valence-corrected chi connectivity index (χ3v) is 5.12. The molecule has 0 unspecified atom stereocenters. The molecule has 3 aromatic carbocycles. The highest BCUT2D eigenvalue weighted by Crippen LogP contribution is 2.27. The molecule has 0 aliphatic heterocycles. The fourth-order valence-corrected chi connectivity index (χ4v) is 3.25. The van der Waals surface area contributed by atoms with E-state index in [1.165, 1.54) is 24.8 Å². The summed E-state index contributed by atoms with van der Waals surface area (Å²) in [5.41, 5.74) is 4.91. The van der Waals surface area contributed by atoms with Crippen LogP contribution >= 0.6 is 0 Å². The molecule has 3 rings (SSSR count). The van der Waals surface area contributed by atoms with Crippen LogP contribution in [-0.2, 0) is 0 Å². The maximum atomic E-state index is 12.5. The second-order valence-electron chi connectivity index (χ2n) is 7.67. The molecule has 0 heterocycles. The van der Waals surface area contributed by atoms with Gasteiger partial charge in [0.15, 0.2) is 0 Å². The van der Waals surface area contributed by atoms with Crippen molar-refractivity contribution in [2.45, 2.75) is 46.5 Å². The monoisotopic (exact) mass is 402 g/mol. The van der Waals surface area contributed by atoms with E-state index < -0.39 is 0 Å². The summed E-state index contributed by atoms with van der Waals surface area (Å²) in [6.45, 7) is 6.93. The van der Waals surface area contributed by atoms with E-state index in [4.69, 9.17) is 9.47 Å². The van der Waals surface area contributed by atoms with E-state index in [0.717, 1.165) is 28.9 Å². The summed E-state index contributed by atoms with van der Waals surface area (Å²) in [6.07, 6.45) is 4.68. The van der Waals surface area contributed by atoms with Crippen molar-refractivity contribution in [1.29, 1.82) is 0 Å². The molecule has 0 N–H and O–H groups in total. The molecule has 0 saturated heterocycles. The van der Waals surface area contributed by atoms with Gasteiger partial charge in [-0.2, -0.15) is 0 Å². The highest BCUT2D eigenvalue weighted by atomic mass is 16.5. The SMILES string of the molecule is CCCCCCOc1ccc(C(=O)Oc2ccc(-c3ccc(C)cc3)cc2C)cc1. The molecule has 156 valence electrons. The fourth-order valence-electron chi connectivity index (χ4n) is 3.25. The van der Waals surface area contributed by atoms with Gasteiger partial charge in [0.2, 0.25) is 0 Å². The molecule has 0 aliphatic rings. The van der Waals surface area contributed by atoms with Crippen molar-refractivity contribution in [3.05, 3.63) is 83.4 Å². The Hall–Kier alpha value is -3.07. The molecule has 0 aliphatic carbocycles. The van der Waals surface area contributed by atoms with Gasteiger partial charge in [-0.05, 0) is 73.4 Å². The number of ether oxygens (including phenoxy) is 2. The third kappa shape index (κ3) is 5.96. The van der Waals surface area contributed by atoms with Crippen LogP contribution in [-0.4, -0.2) is 12.6 Å². The average Bonchev–Trinajstić information content (AvgIpc) is 2.76. The number of hydrogen-bond donors (Lipinski definition) is 0. The molecule has 0 amide bonds. The first-order valence-corrected chi connectivity index (χ1v) is 10.7. The highest BCUT2D eigenvalue weighted by molar-refractivity contribution is 5.91. The van der Waals surface area contributed by atoms with Crippen LogP contribution in [0.15, 0.2) is 66.7 Å². The minimum Gasteiger partial charge on any atom is -0.494 e. The van der Waals surface area contributed by atoms with Crippen LogP contribution in [0.2, 0.25) is 0 Å². The van der Waals surface area contributed by atoms with Gasteiger partial charge in [-0.1, -0.05) is 62.1 Å². The van der Waals surface area contributed by atoms with Crippen LogP contribution in [0.5, 0.6) is 11.5 Å². The number of benzene rings is 3. The maximum Gasteiger partial charge on any atom is 0.343 e. The predicted molar refractivity (Wildman–Crippen MR) is 122 cm³/mol. The Morgan fingerprint density at radius 1 is 0.800 bits per heavy atom. The third-order valence-electron chi connectivity index (χ3n) is 5.12. The molecule has 0 saturated carbocycles. The first-order chi connectivity index (χ1) is 14.6. The topological polar surface area (TPSA) is 35.5 Å². The Morgan fingerprint density at radius 3 is 2.17 bits per heavy atom. The average molecular weight is 403 g/mol. The van der Waals surface area contributed by atoms with E-state index in [1.54, 1.807) is 12.1 Å². The van der Waals surface area contributed by atoms with Gasteiger partial charge in [-0.25, -0.2) is 4.79 Å². The van der Waals surface area contributed by atoms with Gasteiger partial charge < -0.3 is 9.47 Å². The summed E-state index contributed by atoms with van der Waals surface area (Å²) in [5, 5.41) is 0. The summed E-state index contributed by atoms with van der Waals surface area (Å²) in [7, 11) is 0. The van der Waals surface area contributed by atoms with Crippen LogP contribution < -0.4 is 9.47 Å². The molecular weight excluding hydrogens is 372 g/mol. The minimum atomic E-state index is -0.365. The minimum absolute atomic E-state index is 0.365. The van der Waals surface area contributed by atoms with E-state index in [9.17, 15) is 4.79 Å². The zero-order chi connectivity index (χ0) is 21.3. The normalized spacial score (nSPS) is 10.6. The Morgan fingerprint density at radius 2 is 1.50 bits per heavy atom. The lowest BCUT2D eigenvalue weighted by molar-refractivity contribution is 0.0733. The van der Waals surface area contributed by atoms with Crippen LogP contribution in [0.25, 0.3) is 11.1 Å². The van der Waals surface area contributed by atoms with Gasteiger partial charge >= 0.3 is 5.97 Å². The number of carbonyl (C=O) groups is 1. The number of rotatable bonds is 9. The van der Waals surface area contributed by atoms with Crippen LogP contribution in [0.3, 0.4) is 0 Å². The van der Waals surface area contributed by atoms with Crippen molar-refractivity contribution in [2.75, 3.05) is 6.61 Å². The highest BCUT2D eigenvalue weighted by Gasteiger charge is 2.11. The summed E-state index contributed by atoms with van der Waals surface area (Å²) < 4.78 is 11.4. The molecule has 0 aromatic heterocycles. The molecule has 3 nitrogen and oxygen atoms in total. The van der Waals surface area contributed by atoms with Crippen molar-refractivity contribution >= 4 is 5.97 Å². The number of carbonyl (C=O) groups excluding carboxylic acids is 1. The van der Waals surface area contributed by atoms with Crippen LogP contribution in [0.4, 0.5) is 0 Å². The molecule has 0 atom stereocenters. The van der Waals surface area contributed by atoms with E-state index in [0.29, 0.717) is 17.9 Å². The first-order valence-electron chi connectivity index (χ1n) is 10.7. The van der Waals surface area contributed by atoms with Crippen molar-refractivity contribution in [2.24, 2.45) is 0 Å². The Kier molecular flexibility index (Phi) is 7.67. The van der Waals surface area contributed by atoms with Gasteiger partial charge in [-0.15, -0.1) is 0 Å². The van der Waals surface area contributed by atoms with E-state index >= 15 is 0 Å². The van der Waals surface area contributed by atoms with Crippen molar-refractivity contribution in [1.82, 2.24) is 0 Å². The molecule has 0 fully saturated rings. The van der Waals surface area contributed by atoms with Crippen LogP contribution in [0.1, 0.15) is 54.1 Å². The summed E-state index contributed by atoms with van der Waals surface area (Å²) in [4.78, 5) is 12.5. The Bertz CT molecular complexity index is 956.